The van der Waals surface area contributed by atoms with Crippen LogP contribution in [0.5, 0.6) is 11.5 Å². The number of ether oxygens (including phenoxy) is 2. The van der Waals surface area contributed by atoms with Crippen LogP contribution in [0.2, 0.25) is 0 Å². The fourth-order valence-corrected chi connectivity index (χ4v) is 2.23. The van der Waals surface area contributed by atoms with Crippen molar-refractivity contribution in [2.45, 2.75) is 52.7 Å². The first-order valence-electron chi connectivity index (χ1n) is 10.7. The maximum Gasteiger partial charge on any atom is 4.00 e. The molecule has 0 radical (unpaired) electrons. The molecule has 0 saturated heterocycles. The molecule has 7 heteroatoms. The molecule has 0 fully saturated rings. The van der Waals surface area contributed by atoms with Gasteiger partial charge in [0.2, 0.25) is 0 Å². The Morgan fingerprint density at radius 1 is 0.657 bits per heavy atom. The van der Waals surface area contributed by atoms with Crippen LogP contribution in [0.3, 0.4) is 0 Å². The van der Waals surface area contributed by atoms with Crippen molar-refractivity contribution >= 4 is 0 Å². The average molecular weight is 520 g/mol. The first-order valence-corrected chi connectivity index (χ1v) is 10.7. The monoisotopic (exact) mass is 520 g/mol. The second kappa shape index (κ2) is 18.7. The molecule has 35 heavy (non-hydrogen) atoms. The number of halogens is 4. The molecular weight excluding hydrogens is 492 g/mol. The molecule has 0 saturated carbocycles. The normalized spacial score (nSPS) is 12.2. The van der Waals surface area contributed by atoms with E-state index in [4.69, 9.17) is 9.47 Å². The van der Waals surface area contributed by atoms with Gasteiger partial charge in [0.25, 0.3) is 0 Å². The zero-order chi connectivity index (χ0) is 25.3. The summed E-state index contributed by atoms with van der Waals surface area (Å²) in [5.41, 5.74) is 0. The summed E-state index contributed by atoms with van der Waals surface area (Å²) >= 11 is 0. The van der Waals surface area contributed by atoms with Crippen LogP contribution in [0.4, 0.5) is 17.6 Å². The number of benzene rings is 2. The van der Waals surface area contributed by atoms with E-state index in [0.29, 0.717) is 0 Å². The Morgan fingerprint density at radius 2 is 1.03 bits per heavy atom. The van der Waals surface area contributed by atoms with Gasteiger partial charge in [0.15, 0.2) is 0 Å². The van der Waals surface area contributed by atoms with Crippen LogP contribution in [0, 0.1) is 47.6 Å². The van der Waals surface area contributed by atoms with Crippen LogP contribution < -0.4 is 9.47 Å². The first kappa shape index (κ1) is 32.4. The van der Waals surface area contributed by atoms with E-state index in [2.05, 4.69) is 24.3 Å². The Labute approximate surface area is 220 Å². The van der Waals surface area contributed by atoms with E-state index in [9.17, 15) is 17.6 Å². The minimum atomic E-state index is -0.788. The molecule has 0 bridgehead atoms. The van der Waals surface area contributed by atoms with Crippen LogP contribution in [0.1, 0.15) is 40.5 Å². The van der Waals surface area contributed by atoms with Crippen molar-refractivity contribution in [3.63, 3.8) is 0 Å². The zero-order valence-corrected chi connectivity index (χ0v) is 21.7. The van der Waals surface area contributed by atoms with Gasteiger partial charge in [-0.25, -0.2) is 41.9 Å². The molecule has 0 amide bonds. The SMILES string of the molecule is CC(C)Oc1ccc(F)[c-]c1F.CC(C)Oc1ccc(F)[c-]c1F.[C-]1=CC=CC1.[C-]1=CC=CC1.[Ti+4]. The van der Waals surface area contributed by atoms with Crippen LogP contribution in [0.15, 0.2) is 60.7 Å². The number of allylic oxidation sites excluding steroid dienone is 8. The third-order valence-electron chi connectivity index (χ3n) is 3.55. The zero-order valence-electron chi connectivity index (χ0n) is 20.2. The molecule has 0 N–H and O–H groups in total. The van der Waals surface area contributed by atoms with Crippen LogP contribution in [0.25, 0.3) is 0 Å². The van der Waals surface area contributed by atoms with Crippen molar-refractivity contribution in [1.29, 1.82) is 0 Å². The molecule has 0 heterocycles. The standard InChI is InChI=1S/2C9H9F2O.2C5H5.Ti/c2*1-6(2)12-9-4-3-7(10)5-8(9)11;2*1-2-4-5-3-1;/h2*3-4,6H,1-2H3;2*1-3H,4H2;/q4*-1;+4. The van der Waals surface area contributed by atoms with Crippen molar-refractivity contribution < 1.29 is 48.8 Å². The minimum Gasteiger partial charge on any atom is -0.546 e. The quantitative estimate of drug-likeness (QED) is 0.234. The molecular formula is C28H28F4O2Ti. The van der Waals surface area contributed by atoms with Gasteiger partial charge < -0.3 is 9.47 Å². The summed E-state index contributed by atoms with van der Waals surface area (Å²) in [6, 6.07) is 8.50. The van der Waals surface area contributed by atoms with Gasteiger partial charge in [0.1, 0.15) is 0 Å². The summed E-state index contributed by atoms with van der Waals surface area (Å²) < 4.78 is 60.3. The van der Waals surface area contributed by atoms with Gasteiger partial charge in [-0.15, -0.1) is 49.2 Å². The predicted molar refractivity (Wildman–Crippen MR) is 125 cm³/mol. The summed E-state index contributed by atoms with van der Waals surface area (Å²) in [6.07, 6.45) is 19.7. The van der Waals surface area contributed by atoms with Gasteiger partial charge >= 0.3 is 21.7 Å². The molecule has 184 valence electrons. The van der Waals surface area contributed by atoms with Crippen molar-refractivity contribution in [2.24, 2.45) is 0 Å². The molecule has 2 aliphatic rings. The molecule has 4 rings (SSSR count). The maximum atomic E-state index is 12.8. The number of hydrogen-bond donors (Lipinski definition) is 0. The smallest absolute Gasteiger partial charge is 0.546 e. The topological polar surface area (TPSA) is 18.5 Å². The van der Waals surface area contributed by atoms with E-state index in [-0.39, 0.29) is 45.4 Å². The molecule has 2 aromatic rings. The maximum absolute atomic E-state index is 12.8. The fourth-order valence-electron chi connectivity index (χ4n) is 2.23. The summed E-state index contributed by atoms with van der Waals surface area (Å²) in [4.78, 5) is 0. The average Bonchev–Trinajstić information content (AvgIpc) is 3.51. The van der Waals surface area contributed by atoms with E-state index in [0.717, 1.165) is 25.0 Å². The summed E-state index contributed by atoms with van der Waals surface area (Å²) in [5.74, 6) is -2.95. The molecule has 0 atom stereocenters. The van der Waals surface area contributed by atoms with E-state index >= 15 is 0 Å². The number of hydrogen-bond acceptors (Lipinski definition) is 2. The van der Waals surface area contributed by atoms with Gasteiger partial charge in [0, 0.05) is 23.1 Å². The first-order chi connectivity index (χ1) is 16.2. The van der Waals surface area contributed by atoms with Crippen LogP contribution in [-0.2, 0) is 21.7 Å². The number of rotatable bonds is 4. The van der Waals surface area contributed by atoms with Crippen LogP contribution >= 0.6 is 0 Å². The Morgan fingerprint density at radius 3 is 1.23 bits per heavy atom. The predicted octanol–water partition coefficient (Wildman–Crippen LogP) is 7.71. The fraction of sp³-hybridized carbons (Fsp3) is 0.286. The molecule has 0 spiro atoms. The van der Waals surface area contributed by atoms with Crippen molar-refractivity contribution in [3.8, 4) is 11.5 Å². The second-order valence-electron chi connectivity index (χ2n) is 7.31. The van der Waals surface area contributed by atoms with Gasteiger partial charge in [-0.05, 0) is 27.7 Å². The van der Waals surface area contributed by atoms with E-state index < -0.39 is 23.3 Å². The van der Waals surface area contributed by atoms with Gasteiger partial charge in [0.05, 0.1) is 23.8 Å². The van der Waals surface area contributed by atoms with E-state index in [1.165, 1.54) is 12.1 Å². The van der Waals surface area contributed by atoms with Crippen LogP contribution in [-0.4, -0.2) is 12.2 Å². The third kappa shape index (κ3) is 15.9. The van der Waals surface area contributed by atoms with Crippen molar-refractivity contribution in [3.05, 3.63) is 108 Å². The Bertz CT molecular complexity index is 883. The van der Waals surface area contributed by atoms with Gasteiger partial charge in [-0.1, -0.05) is 0 Å². The minimum absolute atomic E-state index is 0. The second-order valence-corrected chi connectivity index (χ2v) is 7.31. The Kier molecular flexibility index (Phi) is 17.4. The molecule has 2 aliphatic carbocycles. The van der Waals surface area contributed by atoms with Gasteiger partial charge in [-0.3, -0.25) is 12.2 Å². The molecule has 0 aliphatic heterocycles. The summed E-state index contributed by atoms with van der Waals surface area (Å²) in [7, 11) is 0. The van der Waals surface area contributed by atoms with Gasteiger partial charge in [-0.2, -0.15) is 12.2 Å². The summed E-state index contributed by atoms with van der Waals surface area (Å²) in [5, 5.41) is 0. The Hall–Kier alpha value is -2.57. The molecule has 2 nitrogen and oxygen atoms in total. The Balaban J connectivity index is 0.000000468. The van der Waals surface area contributed by atoms with Crippen molar-refractivity contribution in [1.82, 2.24) is 0 Å². The molecule has 2 aromatic carbocycles. The van der Waals surface area contributed by atoms with E-state index in [1.807, 2.05) is 36.4 Å². The summed E-state index contributed by atoms with van der Waals surface area (Å²) in [6.45, 7) is 7.07. The molecule has 0 unspecified atom stereocenters. The largest absolute Gasteiger partial charge is 4.00 e. The van der Waals surface area contributed by atoms with Crippen molar-refractivity contribution in [2.75, 3.05) is 0 Å². The van der Waals surface area contributed by atoms with E-state index in [1.54, 1.807) is 27.7 Å². The third-order valence-corrected chi connectivity index (χ3v) is 3.55. The molecule has 0 aromatic heterocycles.